The maximum Gasteiger partial charge on any atom is 0.246 e. The molecule has 3 aliphatic heterocycles. The Morgan fingerprint density at radius 1 is 1.09 bits per heavy atom. The SMILES string of the molecule is O=C([C@@H]1CCCN1S(=O)(=O)c1cccc2nsnc12)N1CC[NH+](Cc2ccc3c(c2)OCO3)CC1. The third-order valence-electron chi connectivity index (χ3n) is 7.00. The molecule has 12 heteroatoms. The number of sulfonamides is 1. The van der Waals surface area contributed by atoms with Crippen molar-refractivity contribution in [2.75, 3.05) is 39.5 Å². The third-order valence-corrected chi connectivity index (χ3v) is 9.48. The highest BCUT2D eigenvalue weighted by molar-refractivity contribution is 7.89. The van der Waals surface area contributed by atoms with Crippen LogP contribution in [0.1, 0.15) is 18.4 Å². The van der Waals surface area contributed by atoms with Crippen LogP contribution in [-0.2, 0) is 21.4 Å². The smallest absolute Gasteiger partial charge is 0.246 e. The van der Waals surface area contributed by atoms with Crippen LogP contribution in [0.15, 0.2) is 41.3 Å². The van der Waals surface area contributed by atoms with Crippen molar-refractivity contribution in [3.63, 3.8) is 0 Å². The lowest BCUT2D eigenvalue weighted by molar-refractivity contribution is -0.917. The molecule has 1 amide bonds. The predicted molar refractivity (Wildman–Crippen MR) is 128 cm³/mol. The number of hydrogen-bond acceptors (Lipinski definition) is 8. The summed E-state index contributed by atoms with van der Waals surface area (Å²) in [6, 6.07) is 10.3. The van der Waals surface area contributed by atoms with E-state index >= 15 is 0 Å². The van der Waals surface area contributed by atoms with Crippen molar-refractivity contribution in [2.45, 2.75) is 30.3 Å². The summed E-state index contributed by atoms with van der Waals surface area (Å²) < 4.78 is 47.7. The van der Waals surface area contributed by atoms with Crippen LogP contribution in [0.2, 0.25) is 0 Å². The van der Waals surface area contributed by atoms with Gasteiger partial charge in [-0.3, -0.25) is 4.79 Å². The minimum absolute atomic E-state index is 0.100. The summed E-state index contributed by atoms with van der Waals surface area (Å²) in [6.45, 7) is 4.27. The Bertz CT molecular complexity index is 1370. The quantitative estimate of drug-likeness (QED) is 0.526. The third kappa shape index (κ3) is 4.14. The van der Waals surface area contributed by atoms with E-state index in [-0.39, 0.29) is 17.6 Å². The number of amides is 1. The van der Waals surface area contributed by atoms with Crippen molar-refractivity contribution in [3.8, 4) is 11.5 Å². The second kappa shape index (κ2) is 9.01. The first-order valence-corrected chi connectivity index (χ1v) is 13.9. The van der Waals surface area contributed by atoms with Gasteiger partial charge in [0.1, 0.15) is 28.5 Å². The van der Waals surface area contributed by atoms with Crippen molar-refractivity contribution in [3.05, 3.63) is 42.0 Å². The molecule has 3 aliphatic rings. The molecule has 2 saturated heterocycles. The zero-order chi connectivity index (χ0) is 24.0. The summed E-state index contributed by atoms with van der Waals surface area (Å²) in [4.78, 5) is 16.8. The van der Waals surface area contributed by atoms with Crippen molar-refractivity contribution in [1.29, 1.82) is 0 Å². The number of carbonyl (C=O) groups is 1. The van der Waals surface area contributed by atoms with Crippen molar-refractivity contribution in [2.24, 2.45) is 0 Å². The number of aromatic nitrogens is 2. The Morgan fingerprint density at radius 2 is 1.91 bits per heavy atom. The number of rotatable bonds is 5. The Balaban J connectivity index is 1.12. The summed E-state index contributed by atoms with van der Waals surface area (Å²) in [5, 5.41) is 0. The van der Waals surface area contributed by atoms with E-state index in [0.717, 1.165) is 42.9 Å². The average Bonchev–Trinajstić information content (AvgIpc) is 3.64. The van der Waals surface area contributed by atoms with Gasteiger partial charge >= 0.3 is 0 Å². The lowest BCUT2D eigenvalue weighted by Crippen LogP contribution is -3.13. The topological polar surface area (TPSA) is 106 Å². The van der Waals surface area contributed by atoms with E-state index in [1.807, 2.05) is 17.0 Å². The van der Waals surface area contributed by atoms with E-state index in [1.54, 1.807) is 18.2 Å². The molecule has 1 atom stereocenters. The number of carbonyl (C=O) groups excluding carboxylic acids is 1. The van der Waals surface area contributed by atoms with E-state index in [1.165, 1.54) is 14.8 Å². The minimum Gasteiger partial charge on any atom is -0.454 e. The first-order chi connectivity index (χ1) is 17.0. The molecule has 2 fully saturated rings. The lowest BCUT2D eigenvalue weighted by atomic mass is 10.1. The summed E-state index contributed by atoms with van der Waals surface area (Å²) in [5.41, 5.74) is 2.10. The van der Waals surface area contributed by atoms with Crippen LogP contribution in [0.5, 0.6) is 11.5 Å². The van der Waals surface area contributed by atoms with Gasteiger partial charge in [-0.25, -0.2) is 8.42 Å². The number of nitrogens with one attached hydrogen (secondary N) is 1. The van der Waals surface area contributed by atoms with E-state index in [9.17, 15) is 13.2 Å². The molecule has 3 aromatic rings. The molecule has 0 spiro atoms. The maximum atomic E-state index is 13.5. The fraction of sp³-hybridized carbons (Fsp3) is 0.435. The van der Waals surface area contributed by atoms with Gasteiger partial charge in [0.15, 0.2) is 11.5 Å². The van der Waals surface area contributed by atoms with Crippen LogP contribution >= 0.6 is 11.7 Å². The molecule has 6 rings (SSSR count). The van der Waals surface area contributed by atoms with Crippen LogP contribution in [0.4, 0.5) is 0 Å². The highest BCUT2D eigenvalue weighted by Crippen LogP contribution is 2.33. The molecular formula is C23H26N5O5S2+. The molecule has 0 bridgehead atoms. The molecule has 184 valence electrons. The first kappa shape index (κ1) is 22.7. The average molecular weight is 517 g/mol. The van der Waals surface area contributed by atoms with Crippen molar-refractivity contribution < 1.29 is 27.6 Å². The summed E-state index contributed by atoms with van der Waals surface area (Å²) in [7, 11) is -3.86. The zero-order valence-electron chi connectivity index (χ0n) is 19.1. The number of piperazine rings is 1. The maximum absolute atomic E-state index is 13.5. The monoisotopic (exact) mass is 516 g/mol. The second-order valence-corrected chi connectivity index (χ2v) is 11.5. The van der Waals surface area contributed by atoms with E-state index < -0.39 is 16.1 Å². The van der Waals surface area contributed by atoms with Crippen molar-refractivity contribution in [1.82, 2.24) is 18.0 Å². The molecule has 1 aromatic heterocycles. The summed E-state index contributed by atoms with van der Waals surface area (Å²) in [6.07, 6.45) is 1.20. The molecule has 0 saturated carbocycles. The number of fused-ring (bicyclic) bond motifs is 2. The van der Waals surface area contributed by atoms with Gasteiger partial charge in [0, 0.05) is 12.1 Å². The first-order valence-electron chi connectivity index (χ1n) is 11.7. The van der Waals surface area contributed by atoms with Gasteiger partial charge in [-0.2, -0.15) is 13.1 Å². The largest absolute Gasteiger partial charge is 0.454 e. The summed E-state index contributed by atoms with van der Waals surface area (Å²) in [5.74, 6) is 1.46. The standard InChI is InChI=1S/C23H25N5O5S2/c29-23(27-11-9-26(10-12-27)14-16-6-7-19-20(13-16)33-15-32-19)18-4-2-8-28(18)35(30,31)21-5-1-3-17-22(21)25-34-24-17/h1,3,5-7,13,18H,2,4,8-12,14-15H2/p+1/t18-/m0/s1. The predicted octanol–water partition coefficient (Wildman–Crippen LogP) is 0.500. The summed E-state index contributed by atoms with van der Waals surface area (Å²) >= 11 is 0.988. The van der Waals surface area contributed by atoms with Crippen molar-refractivity contribution >= 4 is 38.7 Å². The van der Waals surface area contributed by atoms with Gasteiger partial charge in [0.25, 0.3) is 0 Å². The fourth-order valence-electron chi connectivity index (χ4n) is 5.16. The lowest BCUT2D eigenvalue weighted by Gasteiger charge is -2.35. The van der Waals surface area contributed by atoms with Crippen LogP contribution < -0.4 is 14.4 Å². The number of hydrogen-bond donors (Lipinski definition) is 1. The van der Waals surface area contributed by atoms with Gasteiger partial charge in [0.05, 0.1) is 37.9 Å². The highest BCUT2D eigenvalue weighted by atomic mass is 32.2. The molecule has 0 unspecified atom stereocenters. The van der Waals surface area contributed by atoms with Gasteiger partial charge in [0.2, 0.25) is 22.7 Å². The number of quaternary nitrogens is 1. The molecule has 2 aromatic carbocycles. The van der Waals surface area contributed by atoms with Gasteiger partial charge < -0.3 is 19.3 Å². The Labute approximate surface area is 207 Å². The van der Waals surface area contributed by atoms with E-state index in [2.05, 4.69) is 14.8 Å². The van der Waals surface area contributed by atoms with Crippen LogP contribution in [0.3, 0.4) is 0 Å². The molecule has 0 radical (unpaired) electrons. The van der Waals surface area contributed by atoms with Crippen LogP contribution in [0.25, 0.3) is 11.0 Å². The zero-order valence-corrected chi connectivity index (χ0v) is 20.7. The number of nitrogens with zero attached hydrogens (tertiary/aromatic N) is 4. The molecule has 4 heterocycles. The second-order valence-electron chi connectivity index (χ2n) is 9.10. The van der Waals surface area contributed by atoms with Gasteiger partial charge in [-0.15, -0.1) is 0 Å². The highest BCUT2D eigenvalue weighted by Gasteiger charge is 2.42. The van der Waals surface area contributed by atoms with E-state index in [0.29, 0.717) is 43.5 Å². The minimum atomic E-state index is -3.86. The van der Waals surface area contributed by atoms with Crippen LogP contribution in [0, 0.1) is 0 Å². The van der Waals surface area contributed by atoms with E-state index in [4.69, 9.17) is 9.47 Å². The molecule has 35 heavy (non-hydrogen) atoms. The van der Waals surface area contributed by atoms with Gasteiger partial charge in [-0.1, -0.05) is 6.07 Å². The van der Waals surface area contributed by atoms with Gasteiger partial charge in [-0.05, 0) is 43.2 Å². The molecule has 10 nitrogen and oxygen atoms in total. The molecule has 0 aliphatic carbocycles. The Hall–Kier alpha value is -2.80. The van der Waals surface area contributed by atoms with Crippen LogP contribution in [-0.4, -0.2) is 77.8 Å². The number of ether oxygens (including phenoxy) is 2. The Morgan fingerprint density at radius 3 is 2.77 bits per heavy atom. The molecule has 1 N–H and O–H groups in total. The normalized spacial score (nSPS) is 21.1. The number of benzene rings is 2. The Kier molecular flexibility index (Phi) is 5.83. The fourth-order valence-corrected chi connectivity index (χ4v) is 7.57. The molecular weight excluding hydrogens is 490 g/mol.